The van der Waals surface area contributed by atoms with Crippen molar-refractivity contribution in [3.63, 3.8) is 0 Å². The minimum atomic E-state index is -0.0101. The summed E-state index contributed by atoms with van der Waals surface area (Å²) in [6.45, 7) is 2.00. The van der Waals surface area contributed by atoms with E-state index in [1.54, 1.807) is 30.6 Å². The summed E-state index contributed by atoms with van der Waals surface area (Å²) in [5, 5.41) is 7.87. The standard InChI is InChI=1S/C21H21N3O2S2/c1-13-19-20(14-4-10-17(27-3)11-5-14)28-12-18(25)22-21(19)24(23-13)15-6-8-16(26-2)9-7-15/h4-11,20H,12H2,1-3H3,(H,22,25). The van der Waals surface area contributed by atoms with Crippen molar-refractivity contribution in [1.82, 2.24) is 9.78 Å². The number of aryl methyl sites for hydroxylation is 1. The first-order valence-electron chi connectivity index (χ1n) is 8.90. The van der Waals surface area contributed by atoms with Gasteiger partial charge in [-0.3, -0.25) is 4.79 Å². The van der Waals surface area contributed by atoms with Crippen LogP contribution < -0.4 is 10.1 Å². The van der Waals surface area contributed by atoms with Crippen LogP contribution in [-0.2, 0) is 4.79 Å². The van der Waals surface area contributed by atoms with Gasteiger partial charge >= 0.3 is 0 Å². The number of ether oxygens (including phenoxy) is 1. The van der Waals surface area contributed by atoms with Crippen molar-refractivity contribution in [2.24, 2.45) is 0 Å². The number of amides is 1. The van der Waals surface area contributed by atoms with E-state index < -0.39 is 0 Å². The van der Waals surface area contributed by atoms with Gasteiger partial charge in [-0.15, -0.1) is 23.5 Å². The minimum absolute atomic E-state index is 0.0101. The summed E-state index contributed by atoms with van der Waals surface area (Å²) in [5.41, 5.74) is 4.04. The predicted molar refractivity (Wildman–Crippen MR) is 116 cm³/mol. The van der Waals surface area contributed by atoms with Crippen LogP contribution in [0.5, 0.6) is 5.75 Å². The van der Waals surface area contributed by atoms with Crippen LogP contribution in [0.25, 0.3) is 5.69 Å². The molecule has 4 rings (SSSR count). The molecule has 144 valence electrons. The number of benzene rings is 2. The summed E-state index contributed by atoms with van der Waals surface area (Å²) in [6.07, 6.45) is 2.07. The zero-order valence-electron chi connectivity index (χ0n) is 15.9. The molecule has 1 N–H and O–H groups in total. The van der Waals surface area contributed by atoms with Gasteiger partial charge in [0.25, 0.3) is 0 Å². The molecule has 2 aromatic carbocycles. The molecule has 0 bridgehead atoms. The molecule has 1 aromatic heterocycles. The number of fused-ring (bicyclic) bond motifs is 1. The van der Waals surface area contributed by atoms with E-state index in [1.165, 1.54) is 10.5 Å². The highest BCUT2D eigenvalue weighted by atomic mass is 32.2. The minimum Gasteiger partial charge on any atom is -0.497 e. The maximum atomic E-state index is 12.4. The number of carbonyl (C=O) groups excluding carboxylic acids is 1. The topological polar surface area (TPSA) is 56.1 Å². The van der Waals surface area contributed by atoms with Gasteiger partial charge in [0.05, 0.1) is 29.5 Å². The first-order valence-corrected chi connectivity index (χ1v) is 11.2. The van der Waals surface area contributed by atoms with E-state index >= 15 is 0 Å². The molecule has 28 heavy (non-hydrogen) atoms. The number of nitrogens with zero attached hydrogens (tertiary/aromatic N) is 2. The summed E-state index contributed by atoms with van der Waals surface area (Å²) in [5.74, 6) is 1.93. The molecule has 0 saturated carbocycles. The summed E-state index contributed by atoms with van der Waals surface area (Å²) >= 11 is 3.36. The first kappa shape index (κ1) is 19.0. The molecule has 2 heterocycles. The maximum absolute atomic E-state index is 12.4. The smallest absolute Gasteiger partial charge is 0.235 e. The Morgan fingerprint density at radius 3 is 2.54 bits per heavy atom. The molecule has 0 spiro atoms. The largest absolute Gasteiger partial charge is 0.497 e. The van der Waals surface area contributed by atoms with Crippen LogP contribution in [0.15, 0.2) is 53.4 Å². The SMILES string of the molecule is COc1ccc(-n2nc(C)c3c2NC(=O)CSC3c2ccc(SC)cc2)cc1. The molecule has 1 amide bonds. The van der Waals surface area contributed by atoms with Gasteiger partial charge < -0.3 is 10.1 Å². The number of hydrogen-bond donors (Lipinski definition) is 1. The summed E-state index contributed by atoms with van der Waals surface area (Å²) in [7, 11) is 1.64. The fourth-order valence-electron chi connectivity index (χ4n) is 3.34. The van der Waals surface area contributed by atoms with Crippen LogP contribution in [0.1, 0.15) is 22.1 Å². The normalized spacial score (nSPS) is 16.2. The van der Waals surface area contributed by atoms with E-state index in [9.17, 15) is 4.79 Å². The van der Waals surface area contributed by atoms with Crippen LogP contribution in [0.4, 0.5) is 5.82 Å². The van der Waals surface area contributed by atoms with Crippen molar-refractivity contribution < 1.29 is 9.53 Å². The Morgan fingerprint density at radius 1 is 1.18 bits per heavy atom. The van der Waals surface area contributed by atoms with Crippen molar-refractivity contribution in [3.8, 4) is 11.4 Å². The van der Waals surface area contributed by atoms with Crippen LogP contribution in [0, 0.1) is 6.92 Å². The lowest BCUT2D eigenvalue weighted by atomic mass is 10.0. The molecule has 1 atom stereocenters. The van der Waals surface area contributed by atoms with Gasteiger partial charge in [0.15, 0.2) is 0 Å². The molecule has 0 saturated heterocycles. The fraction of sp³-hybridized carbons (Fsp3) is 0.238. The number of methoxy groups -OCH3 is 1. The molecule has 0 fully saturated rings. The van der Waals surface area contributed by atoms with Gasteiger partial charge in [-0.25, -0.2) is 4.68 Å². The Bertz CT molecular complexity index is 998. The van der Waals surface area contributed by atoms with Crippen LogP contribution in [0.2, 0.25) is 0 Å². The number of nitrogens with one attached hydrogen (secondary N) is 1. The van der Waals surface area contributed by atoms with E-state index in [0.29, 0.717) is 5.75 Å². The Hall–Kier alpha value is -2.38. The molecule has 1 unspecified atom stereocenters. The van der Waals surface area contributed by atoms with E-state index in [2.05, 4.69) is 35.8 Å². The summed E-state index contributed by atoms with van der Waals surface area (Å²) in [6, 6.07) is 16.2. The molecule has 0 aliphatic carbocycles. The quantitative estimate of drug-likeness (QED) is 0.632. The molecule has 7 heteroatoms. The van der Waals surface area contributed by atoms with E-state index in [1.807, 2.05) is 35.9 Å². The van der Waals surface area contributed by atoms with Crippen LogP contribution >= 0.6 is 23.5 Å². The third-order valence-electron chi connectivity index (χ3n) is 4.74. The van der Waals surface area contributed by atoms with Crippen molar-refractivity contribution >= 4 is 35.2 Å². The highest BCUT2D eigenvalue weighted by Gasteiger charge is 2.30. The molecule has 1 aliphatic heterocycles. The van der Waals surface area contributed by atoms with Gasteiger partial charge in [-0.05, 0) is 55.1 Å². The van der Waals surface area contributed by atoms with E-state index in [-0.39, 0.29) is 11.2 Å². The summed E-state index contributed by atoms with van der Waals surface area (Å²) in [4.78, 5) is 13.6. The lowest BCUT2D eigenvalue weighted by molar-refractivity contribution is -0.113. The average Bonchev–Trinajstić information content (AvgIpc) is 2.93. The Morgan fingerprint density at radius 2 is 1.89 bits per heavy atom. The van der Waals surface area contributed by atoms with E-state index in [0.717, 1.165) is 28.5 Å². The Labute approximate surface area is 172 Å². The fourth-order valence-corrected chi connectivity index (χ4v) is 4.93. The highest BCUT2D eigenvalue weighted by Crippen LogP contribution is 2.44. The number of thioether (sulfide) groups is 2. The van der Waals surface area contributed by atoms with Gasteiger partial charge in [0.1, 0.15) is 11.6 Å². The zero-order valence-corrected chi connectivity index (χ0v) is 17.6. The summed E-state index contributed by atoms with van der Waals surface area (Å²) < 4.78 is 7.07. The average molecular weight is 412 g/mol. The monoisotopic (exact) mass is 411 g/mol. The Balaban J connectivity index is 1.82. The van der Waals surface area contributed by atoms with Crippen LogP contribution in [0.3, 0.4) is 0 Å². The number of carbonyl (C=O) groups is 1. The third-order valence-corrected chi connectivity index (χ3v) is 6.76. The second kappa shape index (κ2) is 7.93. The highest BCUT2D eigenvalue weighted by molar-refractivity contribution is 8.00. The maximum Gasteiger partial charge on any atom is 0.235 e. The predicted octanol–water partition coefficient (Wildman–Crippen LogP) is 4.69. The molecule has 1 aliphatic rings. The molecule has 3 aromatic rings. The molecule has 0 radical (unpaired) electrons. The third kappa shape index (κ3) is 3.52. The van der Waals surface area contributed by atoms with Gasteiger partial charge in [-0.2, -0.15) is 5.10 Å². The number of aromatic nitrogens is 2. The first-order chi connectivity index (χ1) is 13.6. The van der Waals surface area contributed by atoms with Crippen molar-refractivity contribution in [2.45, 2.75) is 17.1 Å². The number of hydrogen-bond acceptors (Lipinski definition) is 5. The van der Waals surface area contributed by atoms with Gasteiger partial charge in [0.2, 0.25) is 5.91 Å². The van der Waals surface area contributed by atoms with E-state index in [4.69, 9.17) is 9.84 Å². The van der Waals surface area contributed by atoms with Crippen LogP contribution in [-0.4, -0.2) is 34.8 Å². The molecular formula is C21H21N3O2S2. The molecule has 5 nitrogen and oxygen atoms in total. The second-order valence-electron chi connectivity index (χ2n) is 6.47. The van der Waals surface area contributed by atoms with Crippen molar-refractivity contribution in [3.05, 3.63) is 65.4 Å². The molecular weight excluding hydrogens is 390 g/mol. The van der Waals surface area contributed by atoms with Crippen molar-refractivity contribution in [1.29, 1.82) is 0 Å². The number of rotatable bonds is 4. The number of anilines is 1. The lowest BCUT2D eigenvalue weighted by Gasteiger charge is -2.16. The second-order valence-corrected chi connectivity index (χ2v) is 8.44. The lowest BCUT2D eigenvalue weighted by Crippen LogP contribution is -2.15. The van der Waals surface area contributed by atoms with Gasteiger partial charge in [0, 0.05) is 10.5 Å². The Kier molecular flexibility index (Phi) is 5.37. The van der Waals surface area contributed by atoms with Crippen molar-refractivity contribution in [2.75, 3.05) is 24.4 Å². The van der Waals surface area contributed by atoms with Gasteiger partial charge in [-0.1, -0.05) is 12.1 Å². The zero-order chi connectivity index (χ0) is 19.7.